The lowest BCUT2D eigenvalue weighted by Gasteiger charge is -2.07. The molecule has 1 saturated carbocycles. The highest BCUT2D eigenvalue weighted by molar-refractivity contribution is 9.11. The largest absolute Gasteiger partial charge is 0.326 e. The molecule has 1 aromatic carbocycles. The van der Waals surface area contributed by atoms with Gasteiger partial charge in [0.15, 0.2) is 0 Å². The predicted molar refractivity (Wildman–Crippen MR) is 87.8 cm³/mol. The van der Waals surface area contributed by atoms with Crippen LogP contribution < -0.4 is 10.6 Å². The van der Waals surface area contributed by atoms with Gasteiger partial charge in [-0.05, 0) is 65.2 Å². The summed E-state index contributed by atoms with van der Waals surface area (Å²) in [6, 6.07) is 10.8. The number of carbonyl (C=O) groups is 2. The number of anilines is 2. The maximum atomic E-state index is 12.0. The van der Waals surface area contributed by atoms with Crippen molar-refractivity contribution in [1.29, 1.82) is 0 Å². The molecule has 2 aromatic rings. The van der Waals surface area contributed by atoms with E-state index in [4.69, 9.17) is 0 Å². The summed E-state index contributed by atoms with van der Waals surface area (Å²) in [6.07, 6.45) is 1.96. The zero-order valence-electron chi connectivity index (χ0n) is 11.1. The second kappa shape index (κ2) is 5.99. The smallest absolute Gasteiger partial charge is 0.265 e. The van der Waals surface area contributed by atoms with Crippen LogP contribution in [-0.2, 0) is 4.79 Å². The fourth-order valence-electron chi connectivity index (χ4n) is 1.86. The fourth-order valence-corrected chi connectivity index (χ4v) is 3.14. The summed E-state index contributed by atoms with van der Waals surface area (Å²) in [5.41, 5.74) is 1.46. The Kier molecular flexibility index (Phi) is 4.07. The number of halogens is 1. The van der Waals surface area contributed by atoms with E-state index in [0.29, 0.717) is 10.6 Å². The Balaban J connectivity index is 1.61. The third-order valence-corrected chi connectivity index (χ3v) is 4.78. The Bertz CT molecular complexity index is 677. The molecule has 0 bridgehead atoms. The molecule has 0 radical (unpaired) electrons. The Morgan fingerprint density at radius 2 is 1.62 bits per heavy atom. The van der Waals surface area contributed by atoms with Gasteiger partial charge in [0.05, 0.1) is 8.66 Å². The van der Waals surface area contributed by atoms with Gasteiger partial charge in [0.2, 0.25) is 5.91 Å². The van der Waals surface area contributed by atoms with Crippen molar-refractivity contribution in [1.82, 2.24) is 0 Å². The average Bonchev–Trinajstić information content (AvgIpc) is 3.23. The molecule has 1 aliphatic carbocycles. The minimum Gasteiger partial charge on any atom is -0.326 e. The zero-order chi connectivity index (χ0) is 14.8. The van der Waals surface area contributed by atoms with E-state index in [1.165, 1.54) is 11.3 Å². The van der Waals surface area contributed by atoms with Crippen LogP contribution in [0.25, 0.3) is 0 Å². The maximum Gasteiger partial charge on any atom is 0.265 e. The van der Waals surface area contributed by atoms with Crippen LogP contribution in [0, 0.1) is 5.92 Å². The standard InChI is InChI=1S/C15H13BrN2O2S/c16-13-8-7-12(21-13)15(20)18-11-5-3-10(4-6-11)17-14(19)9-1-2-9/h3-9H,1-2H2,(H,17,19)(H,18,20). The summed E-state index contributed by atoms with van der Waals surface area (Å²) in [7, 11) is 0. The number of hydrogen-bond donors (Lipinski definition) is 2. The first-order valence-corrected chi connectivity index (χ1v) is 8.20. The van der Waals surface area contributed by atoms with Gasteiger partial charge in [-0.15, -0.1) is 11.3 Å². The Morgan fingerprint density at radius 3 is 2.14 bits per heavy atom. The lowest BCUT2D eigenvalue weighted by Crippen LogP contribution is -2.13. The summed E-state index contributed by atoms with van der Waals surface area (Å²) < 4.78 is 0.922. The van der Waals surface area contributed by atoms with Crippen LogP contribution in [-0.4, -0.2) is 11.8 Å². The minimum atomic E-state index is -0.138. The van der Waals surface area contributed by atoms with Gasteiger partial charge in [-0.3, -0.25) is 9.59 Å². The molecule has 0 aliphatic heterocycles. The van der Waals surface area contributed by atoms with Crippen molar-refractivity contribution < 1.29 is 9.59 Å². The Hall–Kier alpha value is -1.66. The zero-order valence-corrected chi connectivity index (χ0v) is 13.5. The number of carbonyl (C=O) groups excluding carboxylic acids is 2. The summed E-state index contributed by atoms with van der Waals surface area (Å²) in [4.78, 5) is 24.3. The molecule has 1 fully saturated rings. The van der Waals surface area contributed by atoms with Gasteiger partial charge in [-0.1, -0.05) is 0 Å². The van der Waals surface area contributed by atoms with E-state index in [9.17, 15) is 9.59 Å². The molecule has 108 valence electrons. The van der Waals surface area contributed by atoms with E-state index in [-0.39, 0.29) is 17.7 Å². The fraction of sp³-hybridized carbons (Fsp3) is 0.200. The van der Waals surface area contributed by atoms with Crippen molar-refractivity contribution in [3.05, 3.63) is 45.1 Å². The van der Waals surface area contributed by atoms with Crippen molar-refractivity contribution in [3.8, 4) is 0 Å². The third-order valence-electron chi connectivity index (χ3n) is 3.16. The van der Waals surface area contributed by atoms with Crippen molar-refractivity contribution in [2.45, 2.75) is 12.8 Å². The molecule has 1 heterocycles. The Labute approximate surface area is 134 Å². The van der Waals surface area contributed by atoms with Crippen LogP contribution in [0.15, 0.2) is 40.2 Å². The first-order chi connectivity index (χ1) is 10.1. The van der Waals surface area contributed by atoms with Gasteiger partial charge in [0, 0.05) is 17.3 Å². The number of benzene rings is 1. The lowest BCUT2D eigenvalue weighted by atomic mass is 10.2. The van der Waals surface area contributed by atoms with Crippen molar-refractivity contribution in [3.63, 3.8) is 0 Å². The van der Waals surface area contributed by atoms with Crippen LogP contribution in [0.1, 0.15) is 22.5 Å². The minimum absolute atomic E-state index is 0.0789. The highest BCUT2D eigenvalue weighted by Gasteiger charge is 2.29. The monoisotopic (exact) mass is 364 g/mol. The normalized spacial score (nSPS) is 13.8. The van der Waals surface area contributed by atoms with Crippen LogP contribution in [0.4, 0.5) is 11.4 Å². The molecule has 0 spiro atoms. The number of rotatable bonds is 4. The molecule has 2 amide bonds. The van der Waals surface area contributed by atoms with Crippen LogP contribution in [0.2, 0.25) is 0 Å². The first kappa shape index (κ1) is 14.3. The SMILES string of the molecule is O=C(Nc1ccc(NC(=O)C2CC2)cc1)c1ccc(Br)s1. The van der Waals surface area contributed by atoms with E-state index in [1.54, 1.807) is 30.3 Å². The number of hydrogen-bond acceptors (Lipinski definition) is 3. The molecule has 1 aliphatic rings. The highest BCUT2D eigenvalue weighted by Crippen LogP contribution is 2.30. The summed E-state index contributed by atoms with van der Waals surface area (Å²) >= 11 is 4.72. The van der Waals surface area contributed by atoms with Gasteiger partial charge in [0.25, 0.3) is 5.91 Å². The third kappa shape index (κ3) is 3.71. The average molecular weight is 365 g/mol. The van der Waals surface area contributed by atoms with Crippen LogP contribution >= 0.6 is 27.3 Å². The molecule has 6 heteroatoms. The van der Waals surface area contributed by atoms with E-state index < -0.39 is 0 Å². The molecule has 21 heavy (non-hydrogen) atoms. The van der Waals surface area contributed by atoms with Crippen LogP contribution in [0.5, 0.6) is 0 Å². The Morgan fingerprint density at radius 1 is 1.00 bits per heavy atom. The second-order valence-electron chi connectivity index (χ2n) is 4.90. The van der Waals surface area contributed by atoms with Crippen molar-refractivity contribution in [2.75, 3.05) is 10.6 Å². The lowest BCUT2D eigenvalue weighted by molar-refractivity contribution is -0.117. The summed E-state index contributed by atoms with van der Waals surface area (Å²) in [6.45, 7) is 0. The van der Waals surface area contributed by atoms with Gasteiger partial charge >= 0.3 is 0 Å². The molecule has 0 atom stereocenters. The molecule has 0 unspecified atom stereocenters. The summed E-state index contributed by atoms with van der Waals surface area (Å²) in [5, 5.41) is 5.69. The van der Waals surface area contributed by atoms with Crippen LogP contribution in [0.3, 0.4) is 0 Å². The number of thiophene rings is 1. The molecule has 1 aromatic heterocycles. The predicted octanol–water partition coefficient (Wildman–Crippen LogP) is 4.11. The topological polar surface area (TPSA) is 58.2 Å². The molecule has 2 N–H and O–H groups in total. The summed E-state index contributed by atoms with van der Waals surface area (Å²) in [5.74, 6) is 0.123. The van der Waals surface area contributed by atoms with Gasteiger partial charge < -0.3 is 10.6 Å². The van der Waals surface area contributed by atoms with Gasteiger partial charge in [-0.25, -0.2) is 0 Å². The molecule has 0 saturated heterocycles. The molecule has 3 rings (SSSR count). The van der Waals surface area contributed by atoms with E-state index in [1.807, 2.05) is 6.07 Å². The van der Waals surface area contributed by atoms with E-state index in [2.05, 4.69) is 26.6 Å². The van der Waals surface area contributed by atoms with Gasteiger partial charge in [0.1, 0.15) is 0 Å². The second-order valence-corrected chi connectivity index (χ2v) is 7.36. The number of nitrogens with one attached hydrogen (secondary N) is 2. The van der Waals surface area contributed by atoms with Crippen molar-refractivity contribution >= 4 is 50.5 Å². The van der Waals surface area contributed by atoms with E-state index in [0.717, 1.165) is 22.3 Å². The van der Waals surface area contributed by atoms with E-state index >= 15 is 0 Å². The number of amides is 2. The highest BCUT2D eigenvalue weighted by atomic mass is 79.9. The molecular weight excluding hydrogens is 352 g/mol. The van der Waals surface area contributed by atoms with Crippen molar-refractivity contribution in [2.24, 2.45) is 5.92 Å². The van der Waals surface area contributed by atoms with Gasteiger partial charge in [-0.2, -0.15) is 0 Å². The first-order valence-electron chi connectivity index (χ1n) is 6.59. The maximum absolute atomic E-state index is 12.0. The molecular formula is C15H13BrN2O2S. The quantitative estimate of drug-likeness (QED) is 0.857. The molecule has 4 nitrogen and oxygen atoms in total.